The van der Waals surface area contributed by atoms with Crippen molar-refractivity contribution in [1.29, 1.82) is 0 Å². The number of rotatable bonds is 17. The summed E-state index contributed by atoms with van der Waals surface area (Å²) >= 11 is 2.42. The van der Waals surface area contributed by atoms with Crippen molar-refractivity contribution in [2.75, 3.05) is 10.6 Å². The number of oxazole rings is 2. The molecule has 3 aromatic carbocycles. The summed E-state index contributed by atoms with van der Waals surface area (Å²) in [7, 11) is 0. The van der Waals surface area contributed by atoms with Crippen LogP contribution in [-0.4, -0.2) is 46.3 Å². The fourth-order valence-corrected chi connectivity index (χ4v) is 15.2. The number of anilines is 2. The largest absolute Gasteiger partial charge is 2.00 e. The van der Waals surface area contributed by atoms with Crippen molar-refractivity contribution in [3.63, 3.8) is 0 Å². The Morgan fingerprint density at radius 3 is 2.13 bits per heavy atom. The van der Waals surface area contributed by atoms with E-state index >= 15 is 0 Å². The van der Waals surface area contributed by atoms with E-state index in [-0.39, 0.29) is 87.6 Å². The van der Waals surface area contributed by atoms with Crippen molar-refractivity contribution in [2.24, 2.45) is 21.7 Å². The van der Waals surface area contributed by atoms with Gasteiger partial charge < -0.3 is 41.3 Å². The van der Waals surface area contributed by atoms with E-state index in [0.29, 0.717) is 51.6 Å². The minimum absolute atomic E-state index is 0. The molecule has 0 spiro atoms. The van der Waals surface area contributed by atoms with Gasteiger partial charge in [-0.2, -0.15) is 41.9 Å². The van der Waals surface area contributed by atoms with Gasteiger partial charge in [0.15, 0.2) is 5.89 Å². The average molecular weight is 1780 g/mol. The number of hydrogen-bond acceptors (Lipinski definition) is 11. The quantitative estimate of drug-likeness (QED) is 0.0512. The zero-order valence-electron chi connectivity index (χ0n) is 52.6. The van der Waals surface area contributed by atoms with E-state index in [1.54, 1.807) is 28.3 Å². The number of benzene rings is 3. The maximum atomic E-state index is 12.5. The van der Waals surface area contributed by atoms with E-state index in [4.69, 9.17) is 19.7 Å². The second-order valence-electron chi connectivity index (χ2n) is 25.7. The van der Waals surface area contributed by atoms with Crippen LogP contribution in [0.25, 0.3) is 54.3 Å². The molecule has 0 amide bonds. The molecule has 13 nitrogen and oxygen atoms in total. The van der Waals surface area contributed by atoms with Gasteiger partial charge in [0.2, 0.25) is 0 Å². The molecule has 1 atom stereocenters. The van der Waals surface area contributed by atoms with Crippen molar-refractivity contribution < 1.29 is 99.1 Å². The van der Waals surface area contributed by atoms with Crippen molar-refractivity contribution in [2.45, 2.75) is 188 Å². The number of halogens is 3. The molecule has 0 aliphatic heterocycles. The normalized spacial score (nSPS) is 17.6. The van der Waals surface area contributed by atoms with E-state index in [1.807, 2.05) is 35.3 Å². The van der Waals surface area contributed by atoms with Crippen LogP contribution in [0.1, 0.15) is 193 Å². The molecule has 13 rings (SSSR count). The molecule has 22 heteroatoms. The number of para-hydroxylation sites is 1. The molecule has 2 radical (unpaired) electrons. The van der Waals surface area contributed by atoms with Crippen LogP contribution in [0.5, 0.6) is 0 Å². The average Bonchev–Trinajstić information content (AvgIpc) is 1.64. The first-order chi connectivity index (χ1) is 42.5. The molecule has 9 aromatic rings. The predicted molar refractivity (Wildman–Crippen MR) is 350 cm³/mol. The fourth-order valence-electron chi connectivity index (χ4n) is 13.7. The summed E-state index contributed by atoms with van der Waals surface area (Å²) < 4.78 is 56.8. The fraction of sp³-hybridized carbons (Fsp3) is 0.471. The third-order valence-corrected chi connectivity index (χ3v) is 20.6. The molecular weight excluding hydrogens is 1700 g/mol. The summed E-state index contributed by atoms with van der Waals surface area (Å²) in [6, 6.07) is 26.5. The number of fused-ring (bicyclic) bond motifs is 3. The number of nitrogens with one attached hydrogen (secondary N) is 2. The van der Waals surface area contributed by atoms with Crippen LogP contribution in [0.15, 0.2) is 118 Å². The molecule has 4 fully saturated rings. The maximum absolute atomic E-state index is 12.5. The minimum Gasteiger partial charge on any atom is -0.811 e. The molecule has 0 saturated heterocycles. The van der Waals surface area contributed by atoms with Crippen molar-refractivity contribution in [3.8, 4) is 11.4 Å². The van der Waals surface area contributed by atoms with Crippen LogP contribution in [-0.2, 0) is 89.7 Å². The minimum atomic E-state index is -4.49. The van der Waals surface area contributed by atoms with Crippen LogP contribution in [0, 0.1) is 45.4 Å². The van der Waals surface area contributed by atoms with Crippen molar-refractivity contribution in [1.82, 2.24) is 33.9 Å². The second kappa shape index (κ2) is 34.8. The first kappa shape index (κ1) is 76.3. The Kier molecular flexibility index (Phi) is 28.9. The van der Waals surface area contributed by atoms with Gasteiger partial charge in [-0.1, -0.05) is 169 Å². The van der Waals surface area contributed by atoms with Crippen LogP contribution in [0.3, 0.4) is 0 Å². The summed E-state index contributed by atoms with van der Waals surface area (Å²) in [5, 5.41) is 39.0. The van der Waals surface area contributed by atoms with Gasteiger partial charge in [-0.05, 0) is 133 Å². The van der Waals surface area contributed by atoms with E-state index in [2.05, 4.69) is 136 Å². The standard InChI is InChI=1S/C23H23N2S.C18H20N3O.C15H21N3O.C14H16F3N3S.Ir.Ni.Pt.Rh/c1-16(23(2)11-5-6-12-23)17-9-10-19-21(15-26-22(19)13-17)25-20-8-4-3-7-18(20)14-24-25;1-18(8-3-2-4-9-18)13-17-20-15-7-6-14(12-16(15)22-17)21-11-5-10-19-21;1-2-15(7-4-3-5-8-15)10-13(6-9-16)18-14-11-19-12-17-14;1-13(5-2-3-6-13)9-10(4-7-18)19-12-8-11(20-21-12)14(15,16)17;;;;/h3-4,7-10,13-14,16H,5-6,11-12H2,1-2H3;5,7,10-12H,2-4,8-9,13H2,1H3;6,9,12,18H,2-5,7-8,10H2,1H3;4,7,19H,2-3,5-6,9H2,1H3;;;;/q2*-1;2*-2;;+2;;+2/b;;13-6-;10-4-;;;;. The number of nitrogens with zero attached hydrogens (tertiary/aromatic N) is 9. The summed E-state index contributed by atoms with van der Waals surface area (Å²) in [4.78, 5) is 8.66. The van der Waals surface area contributed by atoms with E-state index in [1.165, 1.54) is 130 Å². The summed E-state index contributed by atoms with van der Waals surface area (Å²) in [5.41, 5.74) is 8.15. The van der Waals surface area contributed by atoms with Crippen LogP contribution in [0.4, 0.5) is 24.0 Å². The van der Waals surface area contributed by atoms with Crippen LogP contribution in [0.2, 0.25) is 0 Å². The van der Waals surface area contributed by atoms with E-state index < -0.39 is 11.9 Å². The Balaban J connectivity index is 0.000000193. The molecule has 4 saturated carbocycles. The number of hydrogen-bond donors (Lipinski definition) is 2. The zero-order chi connectivity index (χ0) is 61.8. The summed E-state index contributed by atoms with van der Waals surface area (Å²) in [6.45, 7) is 11.7. The maximum Gasteiger partial charge on any atom is 2.00 e. The van der Waals surface area contributed by atoms with Crippen molar-refractivity contribution >= 4 is 78.2 Å². The number of alkyl halides is 3. The third kappa shape index (κ3) is 19.7. The van der Waals surface area contributed by atoms with Crippen molar-refractivity contribution in [3.05, 3.63) is 161 Å². The molecule has 92 heavy (non-hydrogen) atoms. The zero-order valence-corrected chi connectivity index (χ0v) is 61.5. The van der Waals surface area contributed by atoms with Gasteiger partial charge in [-0.15, -0.1) is 34.4 Å². The van der Waals surface area contributed by atoms with Gasteiger partial charge in [-0.3, -0.25) is 25.7 Å². The molecule has 4 aliphatic carbocycles. The van der Waals surface area contributed by atoms with Gasteiger partial charge in [0.25, 0.3) is 0 Å². The first-order valence-electron chi connectivity index (χ1n) is 31.3. The molecule has 2 N–H and O–H groups in total. The Morgan fingerprint density at radius 2 is 1.49 bits per heavy atom. The van der Waals surface area contributed by atoms with Crippen LogP contribution < -0.4 is 10.6 Å². The molecular formula is C70H80F3IrN11NiO2PtRhS2-2. The molecule has 1 unspecified atom stereocenters. The molecule has 4 aliphatic rings. The third-order valence-electron chi connectivity index (χ3n) is 19.1. The predicted octanol–water partition coefficient (Wildman–Crippen LogP) is 20.1. The van der Waals surface area contributed by atoms with Gasteiger partial charge in [-0.25, -0.2) is 4.37 Å². The van der Waals surface area contributed by atoms with Gasteiger partial charge >= 0.3 is 42.1 Å². The SMILES string of the molecule is CC(c1ccc2c(-n3ncc4ccccc43)[c-]sc2c1)C1(C)CCCC1.CC1(C/C(=C/C=[N-])Nc2[c-]c(C(F)(F)F)ns2)CCCC1.CC1(Cc2nc3c[c-]c(-n4cccn4)cc3o2)CCCCC1.CCC1(C/C(=C/C=[N-])Nc2[c-]ocn2)CCCCC1.[Ir].[Ni+2].[Pt].[Rh+2]. The Hall–Kier alpha value is -4.73. The molecule has 6 heterocycles. The van der Waals surface area contributed by atoms with Gasteiger partial charge in [0.1, 0.15) is 0 Å². The second-order valence-corrected chi connectivity index (χ2v) is 27.3. The van der Waals surface area contributed by atoms with E-state index in [0.717, 1.165) is 90.5 Å². The first-order valence-corrected chi connectivity index (χ1v) is 32.9. The van der Waals surface area contributed by atoms with Crippen LogP contribution >= 0.6 is 22.9 Å². The van der Waals surface area contributed by atoms with Gasteiger partial charge in [0.05, 0.1) is 17.5 Å². The Bertz CT molecular complexity index is 3780. The summed E-state index contributed by atoms with van der Waals surface area (Å²) in [5.74, 6) is 2.02. The Morgan fingerprint density at radius 1 is 0.826 bits per heavy atom. The van der Waals surface area contributed by atoms with Gasteiger partial charge in [0, 0.05) is 88.7 Å². The molecule has 0 bridgehead atoms. The molecule has 500 valence electrons. The summed E-state index contributed by atoms with van der Waals surface area (Å²) in [6.07, 6.45) is 37.0. The Labute approximate surface area is 598 Å². The number of aromatic nitrogens is 7. The topological polar surface area (TPSA) is 169 Å². The smallest absolute Gasteiger partial charge is 0.811 e. The number of allylic oxidation sites excluding steroid dienone is 4. The molecule has 6 aromatic heterocycles. The monoisotopic (exact) mass is 1780 g/mol. The number of thiophene rings is 1. The van der Waals surface area contributed by atoms with E-state index in [9.17, 15) is 13.2 Å².